The fourth-order valence-corrected chi connectivity index (χ4v) is 2.06. The van der Waals surface area contributed by atoms with E-state index < -0.39 is 0 Å². The molecule has 0 spiro atoms. The number of carbonyl (C=O) groups is 1. The number of aromatic nitrogens is 1. The van der Waals surface area contributed by atoms with Crippen LogP contribution in [0.25, 0.3) is 0 Å². The van der Waals surface area contributed by atoms with Crippen molar-refractivity contribution in [1.29, 1.82) is 0 Å². The normalized spacial score (nSPS) is 11.5. The number of amides is 2. The van der Waals surface area contributed by atoms with Gasteiger partial charge in [-0.25, -0.2) is 4.79 Å². The maximum Gasteiger partial charge on any atom is 0.315 e. The molecule has 5 heteroatoms. The van der Waals surface area contributed by atoms with Crippen LogP contribution < -0.4 is 15.4 Å². The van der Waals surface area contributed by atoms with Crippen LogP contribution >= 0.6 is 0 Å². The largest absolute Gasteiger partial charge is 0.494 e. The summed E-state index contributed by atoms with van der Waals surface area (Å²) in [5.41, 5.74) is 1.96. The summed E-state index contributed by atoms with van der Waals surface area (Å²) in [7, 11) is 0. The number of ether oxygens (including phenoxy) is 1. The Kier molecular flexibility index (Phi) is 5.77. The number of pyridine rings is 1. The number of hydrogen-bond donors (Lipinski definition) is 2. The van der Waals surface area contributed by atoms with E-state index in [1.165, 1.54) is 0 Å². The molecule has 2 amide bonds. The molecule has 0 aliphatic carbocycles. The fraction of sp³-hybridized carbons (Fsp3) is 0.294. The number of rotatable bonds is 6. The molecule has 0 fully saturated rings. The van der Waals surface area contributed by atoms with Crippen molar-refractivity contribution in [2.45, 2.75) is 26.4 Å². The second-order valence-electron chi connectivity index (χ2n) is 4.92. The monoisotopic (exact) mass is 299 g/mol. The van der Waals surface area contributed by atoms with E-state index in [2.05, 4.69) is 15.6 Å². The van der Waals surface area contributed by atoms with Gasteiger partial charge in [-0.1, -0.05) is 18.2 Å². The molecule has 116 valence electrons. The highest BCUT2D eigenvalue weighted by molar-refractivity contribution is 5.74. The molecule has 0 unspecified atom stereocenters. The van der Waals surface area contributed by atoms with E-state index in [1.54, 1.807) is 12.4 Å². The van der Waals surface area contributed by atoms with Gasteiger partial charge in [-0.15, -0.1) is 0 Å². The minimum absolute atomic E-state index is 0.102. The van der Waals surface area contributed by atoms with Crippen LogP contribution in [0.4, 0.5) is 4.79 Å². The Balaban J connectivity index is 1.86. The lowest BCUT2D eigenvalue weighted by Crippen LogP contribution is -2.36. The van der Waals surface area contributed by atoms with Gasteiger partial charge in [-0.05, 0) is 43.2 Å². The first kappa shape index (κ1) is 15.8. The van der Waals surface area contributed by atoms with Crippen LogP contribution in [0.2, 0.25) is 0 Å². The van der Waals surface area contributed by atoms with Crippen molar-refractivity contribution in [3.8, 4) is 5.75 Å². The average molecular weight is 299 g/mol. The first-order chi connectivity index (χ1) is 10.7. The molecule has 1 aromatic carbocycles. The molecule has 1 heterocycles. The van der Waals surface area contributed by atoms with Crippen LogP contribution in [0.3, 0.4) is 0 Å². The maximum absolute atomic E-state index is 11.9. The number of nitrogens with one attached hydrogen (secondary N) is 2. The maximum atomic E-state index is 11.9. The molecule has 1 atom stereocenters. The Morgan fingerprint density at radius 3 is 2.91 bits per heavy atom. The third-order valence-electron chi connectivity index (χ3n) is 3.19. The SMILES string of the molecule is CCOc1cccc([C@@H](C)NC(=O)NCc2cccnc2)c1. The van der Waals surface area contributed by atoms with Gasteiger partial charge >= 0.3 is 6.03 Å². The van der Waals surface area contributed by atoms with Gasteiger partial charge < -0.3 is 15.4 Å². The van der Waals surface area contributed by atoms with Gasteiger partial charge in [0.1, 0.15) is 5.75 Å². The molecule has 22 heavy (non-hydrogen) atoms. The van der Waals surface area contributed by atoms with Crippen molar-refractivity contribution in [3.63, 3.8) is 0 Å². The lowest BCUT2D eigenvalue weighted by molar-refractivity contribution is 0.237. The lowest BCUT2D eigenvalue weighted by atomic mass is 10.1. The molecule has 1 aromatic heterocycles. The molecule has 2 rings (SSSR count). The van der Waals surface area contributed by atoms with E-state index >= 15 is 0 Å². The number of nitrogens with zero attached hydrogens (tertiary/aromatic N) is 1. The summed E-state index contributed by atoms with van der Waals surface area (Å²) in [5.74, 6) is 0.810. The quantitative estimate of drug-likeness (QED) is 0.861. The van der Waals surface area contributed by atoms with E-state index in [1.807, 2.05) is 50.2 Å². The van der Waals surface area contributed by atoms with Gasteiger partial charge in [-0.3, -0.25) is 4.98 Å². The number of carbonyl (C=O) groups excluding carboxylic acids is 1. The van der Waals surface area contributed by atoms with E-state index in [4.69, 9.17) is 4.74 Å². The standard InChI is InChI=1S/C17H21N3O2/c1-3-22-16-8-4-7-15(10-16)13(2)20-17(21)19-12-14-6-5-9-18-11-14/h4-11,13H,3,12H2,1-2H3,(H2,19,20,21)/t13-/m1/s1. The molecule has 2 aromatic rings. The smallest absolute Gasteiger partial charge is 0.315 e. The molecular formula is C17H21N3O2. The summed E-state index contributed by atoms with van der Waals surface area (Å²) < 4.78 is 5.47. The van der Waals surface area contributed by atoms with Crippen molar-refractivity contribution < 1.29 is 9.53 Å². The topological polar surface area (TPSA) is 63.2 Å². The van der Waals surface area contributed by atoms with E-state index in [0.29, 0.717) is 13.2 Å². The predicted molar refractivity (Wildman–Crippen MR) is 85.6 cm³/mol. The summed E-state index contributed by atoms with van der Waals surface area (Å²) in [6, 6.07) is 11.2. The van der Waals surface area contributed by atoms with Gasteiger partial charge in [0.15, 0.2) is 0 Å². The highest BCUT2D eigenvalue weighted by atomic mass is 16.5. The minimum Gasteiger partial charge on any atom is -0.494 e. The highest BCUT2D eigenvalue weighted by Crippen LogP contribution is 2.19. The third-order valence-corrected chi connectivity index (χ3v) is 3.19. The minimum atomic E-state index is -0.210. The Morgan fingerprint density at radius 2 is 2.18 bits per heavy atom. The Hall–Kier alpha value is -2.56. The average Bonchev–Trinajstić information content (AvgIpc) is 2.54. The first-order valence-corrected chi connectivity index (χ1v) is 7.35. The Morgan fingerprint density at radius 1 is 1.32 bits per heavy atom. The van der Waals surface area contributed by atoms with Crippen molar-refractivity contribution in [2.75, 3.05) is 6.61 Å². The summed E-state index contributed by atoms with van der Waals surface area (Å²) in [6.07, 6.45) is 3.44. The molecule has 0 saturated heterocycles. The van der Waals surface area contributed by atoms with Crippen molar-refractivity contribution in [2.24, 2.45) is 0 Å². The Bertz CT molecular complexity index is 602. The summed E-state index contributed by atoms with van der Waals surface area (Å²) in [4.78, 5) is 15.9. The summed E-state index contributed by atoms with van der Waals surface area (Å²) in [5, 5.41) is 5.73. The van der Waals surface area contributed by atoms with E-state index in [-0.39, 0.29) is 12.1 Å². The van der Waals surface area contributed by atoms with Gasteiger partial charge in [0.2, 0.25) is 0 Å². The molecule has 0 saturated carbocycles. The number of urea groups is 1. The van der Waals surface area contributed by atoms with Crippen LogP contribution in [-0.4, -0.2) is 17.6 Å². The number of benzene rings is 1. The van der Waals surface area contributed by atoms with Crippen LogP contribution in [0.1, 0.15) is 31.0 Å². The summed E-state index contributed by atoms with van der Waals surface area (Å²) in [6.45, 7) is 4.96. The molecular weight excluding hydrogens is 278 g/mol. The van der Waals surface area contributed by atoms with E-state index in [0.717, 1.165) is 16.9 Å². The first-order valence-electron chi connectivity index (χ1n) is 7.35. The molecule has 0 bridgehead atoms. The zero-order valence-electron chi connectivity index (χ0n) is 12.9. The highest BCUT2D eigenvalue weighted by Gasteiger charge is 2.10. The van der Waals surface area contributed by atoms with Crippen LogP contribution in [-0.2, 0) is 6.54 Å². The molecule has 5 nitrogen and oxygen atoms in total. The van der Waals surface area contributed by atoms with Gasteiger partial charge in [0.05, 0.1) is 12.6 Å². The van der Waals surface area contributed by atoms with E-state index in [9.17, 15) is 4.79 Å². The molecule has 0 radical (unpaired) electrons. The second kappa shape index (κ2) is 8.02. The zero-order chi connectivity index (χ0) is 15.8. The van der Waals surface area contributed by atoms with Crippen LogP contribution in [0.5, 0.6) is 5.75 Å². The number of hydrogen-bond acceptors (Lipinski definition) is 3. The van der Waals surface area contributed by atoms with Gasteiger partial charge in [0.25, 0.3) is 0 Å². The fourth-order valence-electron chi connectivity index (χ4n) is 2.06. The lowest BCUT2D eigenvalue weighted by Gasteiger charge is -2.16. The second-order valence-corrected chi connectivity index (χ2v) is 4.92. The van der Waals surface area contributed by atoms with Crippen LogP contribution in [0.15, 0.2) is 48.8 Å². The van der Waals surface area contributed by atoms with Crippen molar-refractivity contribution in [3.05, 3.63) is 59.9 Å². The van der Waals surface area contributed by atoms with Crippen molar-refractivity contribution in [1.82, 2.24) is 15.6 Å². The van der Waals surface area contributed by atoms with Gasteiger partial charge in [-0.2, -0.15) is 0 Å². The van der Waals surface area contributed by atoms with Crippen LogP contribution in [0, 0.1) is 0 Å². The molecule has 0 aliphatic heterocycles. The zero-order valence-corrected chi connectivity index (χ0v) is 12.9. The Labute approximate surface area is 130 Å². The molecule has 2 N–H and O–H groups in total. The summed E-state index contributed by atoms with van der Waals surface area (Å²) >= 11 is 0. The van der Waals surface area contributed by atoms with Gasteiger partial charge in [0, 0.05) is 18.9 Å². The molecule has 0 aliphatic rings. The third kappa shape index (κ3) is 4.77. The van der Waals surface area contributed by atoms with Crippen molar-refractivity contribution >= 4 is 6.03 Å². The predicted octanol–water partition coefficient (Wildman–Crippen LogP) is 3.04.